The average molecular weight is 128 g/mol. The Balaban J connectivity index is 2.22. The van der Waals surface area contributed by atoms with E-state index in [1.807, 2.05) is 6.92 Å². The Bertz CT molecular complexity index is 104. The first kappa shape index (κ1) is 6.55. The summed E-state index contributed by atoms with van der Waals surface area (Å²) in [6.45, 7) is 4.56. The molecule has 0 atom stereocenters. The summed E-state index contributed by atoms with van der Waals surface area (Å²) in [5.74, 6) is 0. The van der Waals surface area contributed by atoms with Crippen LogP contribution in [0.2, 0.25) is 0 Å². The molecule has 3 nitrogen and oxygen atoms in total. The van der Waals surface area contributed by atoms with Crippen molar-refractivity contribution in [1.82, 2.24) is 5.32 Å². The predicted octanol–water partition coefficient (Wildman–Crippen LogP) is 0.372. The number of hydrogen-bond donors (Lipinski definition) is 1. The lowest BCUT2D eigenvalue weighted by Gasteiger charge is -1.93. The lowest BCUT2D eigenvalue weighted by atomic mass is 10.3. The van der Waals surface area contributed by atoms with Gasteiger partial charge in [-0.25, -0.2) is 0 Å². The zero-order valence-corrected chi connectivity index (χ0v) is 5.68. The van der Waals surface area contributed by atoms with E-state index in [2.05, 4.69) is 10.5 Å². The van der Waals surface area contributed by atoms with E-state index in [1.165, 1.54) is 0 Å². The van der Waals surface area contributed by atoms with Gasteiger partial charge in [0.05, 0.1) is 5.71 Å². The van der Waals surface area contributed by atoms with Crippen LogP contribution in [0.15, 0.2) is 5.16 Å². The molecule has 0 aromatic heterocycles. The van der Waals surface area contributed by atoms with Crippen LogP contribution in [0.1, 0.15) is 13.3 Å². The highest BCUT2D eigenvalue weighted by molar-refractivity contribution is 5.87. The van der Waals surface area contributed by atoms with Gasteiger partial charge in [0, 0.05) is 19.5 Å². The van der Waals surface area contributed by atoms with E-state index < -0.39 is 0 Å². The summed E-state index contributed by atoms with van der Waals surface area (Å²) in [5, 5.41) is 7.07. The minimum atomic E-state index is 0.670. The number of rotatable bonds is 2. The summed E-state index contributed by atoms with van der Waals surface area (Å²) < 4.78 is 0. The second-order valence-electron chi connectivity index (χ2n) is 2.00. The van der Waals surface area contributed by atoms with Crippen LogP contribution >= 0.6 is 0 Å². The second-order valence-corrected chi connectivity index (χ2v) is 2.00. The molecule has 1 heterocycles. The fourth-order valence-corrected chi connectivity index (χ4v) is 0.788. The van der Waals surface area contributed by atoms with Crippen LogP contribution < -0.4 is 5.32 Å². The van der Waals surface area contributed by atoms with Crippen molar-refractivity contribution < 1.29 is 4.84 Å². The Morgan fingerprint density at radius 3 is 3.22 bits per heavy atom. The number of nitrogens with zero attached hydrogens (tertiary/aromatic N) is 1. The van der Waals surface area contributed by atoms with Crippen molar-refractivity contribution in [3.63, 3.8) is 0 Å². The molecule has 1 saturated heterocycles. The van der Waals surface area contributed by atoms with Gasteiger partial charge >= 0.3 is 0 Å². The number of hydrogen-bond acceptors (Lipinski definition) is 3. The highest BCUT2D eigenvalue weighted by atomic mass is 16.6. The van der Waals surface area contributed by atoms with Crippen molar-refractivity contribution in [2.75, 3.05) is 19.7 Å². The maximum absolute atomic E-state index is 4.87. The monoisotopic (exact) mass is 128 g/mol. The van der Waals surface area contributed by atoms with E-state index in [9.17, 15) is 0 Å². The van der Waals surface area contributed by atoms with Gasteiger partial charge in [0.25, 0.3) is 0 Å². The van der Waals surface area contributed by atoms with Crippen LogP contribution in [0.4, 0.5) is 0 Å². The molecule has 0 radical (unpaired) electrons. The fraction of sp³-hybridized carbons (Fsp3) is 0.833. The Labute approximate surface area is 55.1 Å². The summed E-state index contributed by atoms with van der Waals surface area (Å²) in [6, 6.07) is 0. The highest BCUT2D eigenvalue weighted by Crippen LogP contribution is 1.92. The molecule has 1 fully saturated rings. The topological polar surface area (TPSA) is 33.6 Å². The van der Waals surface area contributed by atoms with E-state index in [4.69, 9.17) is 4.84 Å². The number of nitrogens with one attached hydrogen (secondary N) is 1. The Morgan fingerprint density at radius 1 is 1.78 bits per heavy atom. The quantitative estimate of drug-likeness (QED) is 0.545. The summed E-state index contributed by atoms with van der Waals surface area (Å²) in [4.78, 5) is 4.87. The Kier molecular flexibility index (Phi) is 2.51. The van der Waals surface area contributed by atoms with E-state index in [1.54, 1.807) is 0 Å². The lowest BCUT2D eigenvalue weighted by molar-refractivity contribution is 0.158. The Hall–Kier alpha value is -0.570. The van der Waals surface area contributed by atoms with Crippen molar-refractivity contribution in [3.05, 3.63) is 0 Å². The third-order valence-electron chi connectivity index (χ3n) is 1.24. The van der Waals surface area contributed by atoms with Gasteiger partial charge in [0.15, 0.2) is 0 Å². The van der Waals surface area contributed by atoms with Crippen molar-refractivity contribution in [2.45, 2.75) is 13.3 Å². The van der Waals surface area contributed by atoms with Crippen molar-refractivity contribution >= 4 is 5.71 Å². The molecule has 0 aromatic rings. The predicted molar refractivity (Wildman–Crippen MR) is 36.5 cm³/mol. The first-order valence-electron chi connectivity index (χ1n) is 3.32. The molecule has 52 valence electrons. The summed E-state index contributed by atoms with van der Waals surface area (Å²) in [5.41, 5.74) is 1.14. The molecule has 0 aromatic carbocycles. The smallest absolute Gasteiger partial charge is 0.114 e. The van der Waals surface area contributed by atoms with E-state index in [-0.39, 0.29) is 0 Å². The molecule has 1 N–H and O–H groups in total. The molecule has 0 spiro atoms. The van der Waals surface area contributed by atoms with Crippen LogP contribution in [0, 0.1) is 0 Å². The first-order chi connectivity index (χ1) is 4.43. The van der Waals surface area contributed by atoms with Crippen LogP contribution in [-0.2, 0) is 4.84 Å². The van der Waals surface area contributed by atoms with E-state index in [0.717, 1.165) is 25.2 Å². The molecule has 1 aliphatic heterocycles. The van der Waals surface area contributed by atoms with Crippen LogP contribution in [0.25, 0.3) is 0 Å². The van der Waals surface area contributed by atoms with Crippen LogP contribution in [0.3, 0.4) is 0 Å². The zero-order valence-electron chi connectivity index (χ0n) is 5.68. The summed E-state index contributed by atoms with van der Waals surface area (Å²) in [6.07, 6.45) is 1.04. The van der Waals surface area contributed by atoms with Gasteiger partial charge in [-0.2, -0.15) is 0 Å². The molecule has 0 unspecified atom stereocenters. The van der Waals surface area contributed by atoms with Crippen molar-refractivity contribution in [1.29, 1.82) is 0 Å². The number of oxime groups is 1. The summed E-state index contributed by atoms with van der Waals surface area (Å²) in [7, 11) is 0. The second kappa shape index (κ2) is 3.45. The van der Waals surface area contributed by atoms with Crippen molar-refractivity contribution in [3.8, 4) is 0 Å². The minimum absolute atomic E-state index is 0.670. The highest BCUT2D eigenvalue weighted by Gasteiger charge is 2.06. The molecule has 1 rings (SSSR count). The average Bonchev–Trinajstić information content (AvgIpc) is 2.34. The first-order valence-corrected chi connectivity index (χ1v) is 3.32. The van der Waals surface area contributed by atoms with Gasteiger partial charge < -0.3 is 10.2 Å². The SMILES string of the molecule is CCON=C1CCNC1. The van der Waals surface area contributed by atoms with E-state index >= 15 is 0 Å². The fourth-order valence-electron chi connectivity index (χ4n) is 0.788. The van der Waals surface area contributed by atoms with Gasteiger partial charge in [-0.1, -0.05) is 5.16 Å². The minimum Gasteiger partial charge on any atom is -0.396 e. The molecule has 1 aliphatic rings. The third kappa shape index (κ3) is 2.01. The molecular weight excluding hydrogens is 116 g/mol. The van der Waals surface area contributed by atoms with Gasteiger partial charge in [0.2, 0.25) is 0 Å². The van der Waals surface area contributed by atoms with E-state index in [0.29, 0.717) is 6.61 Å². The lowest BCUT2D eigenvalue weighted by Crippen LogP contribution is -2.08. The molecule has 3 heteroatoms. The van der Waals surface area contributed by atoms with Gasteiger partial charge in [-0.05, 0) is 6.92 Å². The molecule has 0 bridgehead atoms. The summed E-state index contributed by atoms with van der Waals surface area (Å²) >= 11 is 0. The van der Waals surface area contributed by atoms with Crippen LogP contribution in [-0.4, -0.2) is 25.4 Å². The standard InChI is InChI=1S/C6H12N2O/c1-2-9-8-6-3-4-7-5-6/h7H,2-5H2,1H3. The third-order valence-corrected chi connectivity index (χ3v) is 1.24. The zero-order chi connectivity index (χ0) is 6.53. The molecule has 0 amide bonds. The maximum Gasteiger partial charge on any atom is 0.114 e. The largest absolute Gasteiger partial charge is 0.396 e. The molecular formula is C6H12N2O. The molecule has 9 heavy (non-hydrogen) atoms. The van der Waals surface area contributed by atoms with Gasteiger partial charge in [-0.3, -0.25) is 0 Å². The van der Waals surface area contributed by atoms with Gasteiger partial charge in [0.1, 0.15) is 6.61 Å². The van der Waals surface area contributed by atoms with Crippen molar-refractivity contribution in [2.24, 2.45) is 5.16 Å². The van der Waals surface area contributed by atoms with Crippen LogP contribution in [0.5, 0.6) is 0 Å². The molecule has 0 saturated carbocycles. The molecule has 0 aliphatic carbocycles. The van der Waals surface area contributed by atoms with Gasteiger partial charge in [-0.15, -0.1) is 0 Å². The Morgan fingerprint density at radius 2 is 2.67 bits per heavy atom. The normalized spacial score (nSPS) is 23.0. The maximum atomic E-state index is 4.87.